The molecule has 2 aliphatic heterocycles. The number of para-hydroxylation sites is 1. The molecule has 1 aromatic heterocycles. The zero-order valence-corrected chi connectivity index (χ0v) is 19.3. The number of benzene rings is 1. The summed E-state index contributed by atoms with van der Waals surface area (Å²) < 4.78 is 10.1. The van der Waals surface area contributed by atoms with Gasteiger partial charge in [-0.3, -0.25) is 14.5 Å². The van der Waals surface area contributed by atoms with E-state index in [2.05, 4.69) is 25.9 Å². The number of piperazine rings is 1. The summed E-state index contributed by atoms with van der Waals surface area (Å²) in [6.45, 7) is 7.15. The summed E-state index contributed by atoms with van der Waals surface area (Å²) in [5, 5.41) is 7.44. The Morgan fingerprint density at radius 3 is 2.45 bits per heavy atom. The van der Waals surface area contributed by atoms with Gasteiger partial charge in [0, 0.05) is 57.3 Å². The predicted molar refractivity (Wildman–Crippen MR) is 120 cm³/mol. The van der Waals surface area contributed by atoms with Crippen LogP contribution in [0.1, 0.15) is 41.0 Å². The molecule has 3 fully saturated rings. The first-order chi connectivity index (χ1) is 16.0. The van der Waals surface area contributed by atoms with E-state index in [4.69, 9.17) is 4.74 Å². The number of methoxy groups -OCH3 is 1. The van der Waals surface area contributed by atoms with Crippen LogP contribution in [0.25, 0.3) is 0 Å². The number of rotatable bonds is 5. The van der Waals surface area contributed by atoms with E-state index in [1.807, 2.05) is 28.0 Å². The van der Waals surface area contributed by atoms with Gasteiger partial charge in [-0.1, -0.05) is 23.4 Å². The van der Waals surface area contributed by atoms with Crippen LogP contribution in [0.2, 0.25) is 0 Å². The fraction of sp³-hybridized carbons (Fsp3) is 0.583. The van der Waals surface area contributed by atoms with Crippen LogP contribution in [0.15, 0.2) is 28.9 Å². The van der Waals surface area contributed by atoms with E-state index in [-0.39, 0.29) is 17.2 Å². The quantitative estimate of drug-likeness (QED) is 0.683. The Bertz CT molecular complexity index is 1020. The number of ether oxygens (including phenoxy) is 1. The maximum Gasteiger partial charge on any atom is 0.278 e. The van der Waals surface area contributed by atoms with Crippen molar-refractivity contribution in [2.75, 3.05) is 46.4 Å². The highest BCUT2D eigenvalue weighted by molar-refractivity contribution is 5.93. The summed E-state index contributed by atoms with van der Waals surface area (Å²) in [5.41, 5.74) is 2.06. The summed E-state index contributed by atoms with van der Waals surface area (Å²) >= 11 is 0. The molecular formula is C24H31N5O4. The van der Waals surface area contributed by atoms with Crippen LogP contribution in [-0.2, 0) is 11.3 Å². The molecular weight excluding hydrogens is 422 g/mol. The number of carbonyl (C=O) groups is 2. The van der Waals surface area contributed by atoms with Gasteiger partial charge in [0.15, 0.2) is 5.69 Å². The molecule has 9 heteroatoms. The van der Waals surface area contributed by atoms with Gasteiger partial charge in [-0.05, 0) is 42.8 Å². The van der Waals surface area contributed by atoms with Crippen LogP contribution in [0.3, 0.4) is 0 Å². The standard InChI is InChI=1S/C24H31N5O4/c1-17-21(26-33-25-17)23(31)28-9-7-24(8-10-28)15-19(24)22(30)29-13-11-27(12-14-29)16-18-5-3-4-6-20(18)32-2/h3-6,19H,7-16H2,1-2H3/t19-/m0/s1. The number of amides is 2. The van der Waals surface area contributed by atoms with E-state index in [0.29, 0.717) is 30.4 Å². The highest BCUT2D eigenvalue weighted by Crippen LogP contribution is 2.60. The van der Waals surface area contributed by atoms with Gasteiger partial charge >= 0.3 is 0 Å². The lowest BCUT2D eigenvalue weighted by Gasteiger charge is -2.36. The number of carbonyl (C=O) groups excluding carboxylic acids is 2. The van der Waals surface area contributed by atoms with E-state index in [1.54, 1.807) is 14.0 Å². The minimum Gasteiger partial charge on any atom is -0.496 e. The number of nitrogens with zero attached hydrogens (tertiary/aromatic N) is 5. The van der Waals surface area contributed by atoms with Gasteiger partial charge < -0.3 is 14.5 Å². The van der Waals surface area contributed by atoms with Crippen molar-refractivity contribution in [3.05, 3.63) is 41.2 Å². The van der Waals surface area contributed by atoms with E-state index < -0.39 is 0 Å². The Hall–Kier alpha value is -2.94. The number of aryl methyl sites for hydroxylation is 1. The van der Waals surface area contributed by atoms with Crippen LogP contribution < -0.4 is 4.74 Å². The third-order valence-electron chi connectivity index (χ3n) is 7.66. The molecule has 1 spiro atoms. The van der Waals surface area contributed by atoms with Crippen molar-refractivity contribution in [3.8, 4) is 5.75 Å². The van der Waals surface area contributed by atoms with Gasteiger partial charge in [0.25, 0.3) is 5.91 Å². The molecule has 3 aliphatic rings. The molecule has 3 heterocycles. The Kier molecular flexibility index (Phi) is 5.82. The minimum atomic E-state index is -0.127. The van der Waals surface area contributed by atoms with Crippen molar-refractivity contribution in [2.45, 2.75) is 32.7 Å². The molecule has 2 amide bonds. The Morgan fingerprint density at radius 2 is 1.79 bits per heavy atom. The number of piperidine rings is 1. The average Bonchev–Trinajstić information content (AvgIpc) is 3.36. The largest absolute Gasteiger partial charge is 0.496 e. The number of hydrogen-bond donors (Lipinski definition) is 0. The van der Waals surface area contributed by atoms with Crippen LogP contribution >= 0.6 is 0 Å². The highest BCUT2D eigenvalue weighted by Gasteiger charge is 2.59. The molecule has 1 atom stereocenters. The molecule has 5 rings (SSSR count). The average molecular weight is 454 g/mol. The van der Waals surface area contributed by atoms with Crippen molar-refractivity contribution in [1.82, 2.24) is 25.0 Å². The van der Waals surface area contributed by atoms with Crippen LogP contribution in [0.4, 0.5) is 0 Å². The molecule has 2 saturated heterocycles. The van der Waals surface area contributed by atoms with Crippen molar-refractivity contribution in [2.24, 2.45) is 11.3 Å². The van der Waals surface area contributed by atoms with E-state index in [1.165, 1.54) is 5.56 Å². The van der Waals surface area contributed by atoms with Crippen molar-refractivity contribution < 1.29 is 19.0 Å². The fourth-order valence-corrected chi connectivity index (χ4v) is 5.40. The topological polar surface area (TPSA) is 92.0 Å². The minimum absolute atomic E-state index is 0.0690. The molecule has 0 radical (unpaired) electrons. The molecule has 1 saturated carbocycles. The lowest BCUT2D eigenvalue weighted by Crippen LogP contribution is -2.49. The number of hydrogen-bond acceptors (Lipinski definition) is 7. The Labute approximate surface area is 193 Å². The first-order valence-corrected chi connectivity index (χ1v) is 11.7. The summed E-state index contributed by atoms with van der Waals surface area (Å²) in [5.74, 6) is 1.18. The Balaban J connectivity index is 1.11. The first kappa shape index (κ1) is 21.9. The van der Waals surface area contributed by atoms with Gasteiger partial charge in [0.1, 0.15) is 11.4 Å². The molecule has 1 aliphatic carbocycles. The third-order valence-corrected chi connectivity index (χ3v) is 7.66. The van der Waals surface area contributed by atoms with Crippen LogP contribution in [0.5, 0.6) is 5.75 Å². The molecule has 0 unspecified atom stereocenters. The normalized spacial score (nSPS) is 22.4. The zero-order chi connectivity index (χ0) is 23.0. The molecule has 1 aromatic carbocycles. The second kappa shape index (κ2) is 8.78. The van der Waals surface area contributed by atoms with E-state index >= 15 is 0 Å². The summed E-state index contributed by atoms with van der Waals surface area (Å²) in [4.78, 5) is 32.1. The molecule has 0 N–H and O–H groups in total. The maximum atomic E-state index is 13.2. The summed E-state index contributed by atoms with van der Waals surface area (Å²) in [6.07, 6.45) is 2.68. The van der Waals surface area contributed by atoms with Crippen molar-refractivity contribution >= 4 is 11.8 Å². The molecule has 2 aromatic rings. The van der Waals surface area contributed by atoms with Crippen molar-refractivity contribution in [1.29, 1.82) is 0 Å². The molecule has 9 nitrogen and oxygen atoms in total. The maximum absolute atomic E-state index is 13.2. The second-order valence-electron chi connectivity index (χ2n) is 9.52. The molecule has 33 heavy (non-hydrogen) atoms. The highest BCUT2D eigenvalue weighted by atomic mass is 16.6. The molecule has 176 valence electrons. The SMILES string of the molecule is COc1ccccc1CN1CCN(C(=O)[C@@H]2CC23CCN(C(=O)c2nonc2C)CC3)CC1. The fourth-order valence-electron chi connectivity index (χ4n) is 5.40. The first-order valence-electron chi connectivity index (χ1n) is 11.7. The predicted octanol–water partition coefficient (Wildman–Crippen LogP) is 1.97. The van der Waals surface area contributed by atoms with E-state index in [0.717, 1.165) is 57.7 Å². The zero-order valence-electron chi connectivity index (χ0n) is 19.3. The lowest BCUT2D eigenvalue weighted by atomic mass is 9.90. The second-order valence-corrected chi connectivity index (χ2v) is 9.52. The summed E-state index contributed by atoms with van der Waals surface area (Å²) in [7, 11) is 1.70. The van der Waals surface area contributed by atoms with Gasteiger partial charge in [0.2, 0.25) is 5.91 Å². The van der Waals surface area contributed by atoms with E-state index in [9.17, 15) is 9.59 Å². The monoisotopic (exact) mass is 453 g/mol. The number of aromatic nitrogens is 2. The van der Waals surface area contributed by atoms with Crippen LogP contribution in [-0.4, -0.2) is 83.2 Å². The molecule has 0 bridgehead atoms. The van der Waals surface area contributed by atoms with Gasteiger partial charge in [-0.15, -0.1) is 0 Å². The third kappa shape index (κ3) is 4.21. The summed E-state index contributed by atoms with van der Waals surface area (Å²) in [6, 6.07) is 8.11. The lowest BCUT2D eigenvalue weighted by molar-refractivity contribution is -0.135. The van der Waals surface area contributed by atoms with Crippen LogP contribution in [0, 0.1) is 18.3 Å². The van der Waals surface area contributed by atoms with Gasteiger partial charge in [-0.25, -0.2) is 4.63 Å². The number of likely N-dealkylation sites (tertiary alicyclic amines) is 1. The Morgan fingerprint density at radius 1 is 1.06 bits per heavy atom. The van der Waals surface area contributed by atoms with Gasteiger partial charge in [-0.2, -0.15) is 0 Å². The van der Waals surface area contributed by atoms with Gasteiger partial charge in [0.05, 0.1) is 7.11 Å². The smallest absolute Gasteiger partial charge is 0.278 e. The van der Waals surface area contributed by atoms with Crippen molar-refractivity contribution in [3.63, 3.8) is 0 Å².